The van der Waals surface area contributed by atoms with E-state index >= 15 is 0 Å². The first-order chi connectivity index (χ1) is 6.26. The number of hydrogen-bond acceptors (Lipinski definition) is 3. The SMILES string of the molecule is ClCCl.NCCN(CCN)CC[NH3+].[Cl-]. The maximum atomic E-state index is 5.39. The molecule has 0 aromatic carbocycles. The minimum absolute atomic E-state index is 0. The Kier molecular flexibility index (Phi) is 27.8. The molecule has 0 unspecified atom stereocenters. The van der Waals surface area contributed by atoms with E-state index in [9.17, 15) is 0 Å². The van der Waals surface area contributed by atoms with Crippen molar-refractivity contribution in [1.29, 1.82) is 0 Å². The average molecular weight is 268 g/mol. The van der Waals surface area contributed by atoms with Gasteiger partial charge in [-0.1, -0.05) is 0 Å². The lowest BCUT2D eigenvalue weighted by molar-refractivity contribution is -0.368. The molecule has 0 aromatic heterocycles. The smallest absolute Gasteiger partial charge is 0.0967 e. The van der Waals surface area contributed by atoms with Crippen molar-refractivity contribution in [3.05, 3.63) is 0 Å². The highest BCUT2D eigenvalue weighted by Crippen LogP contribution is 1.81. The number of quaternary nitrogens is 1. The van der Waals surface area contributed by atoms with Gasteiger partial charge in [-0.05, 0) is 0 Å². The Balaban J connectivity index is -0.000000267. The van der Waals surface area contributed by atoms with Gasteiger partial charge in [0, 0.05) is 32.7 Å². The van der Waals surface area contributed by atoms with Crippen molar-refractivity contribution < 1.29 is 18.1 Å². The summed E-state index contributed by atoms with van der Waals surface area (Å²) in [5, 5.41) is 0.194. The summed E-state index contributed by atoms with van der Waals surface area (Å²) in [7, 11) is 0. The zero-order valence-corrected chi connectivity index (χ0v) is 10.7. The van der Waals surface area contributed by atoms with Gasteiger partial charge in [0.15, 0.2) is 0 Å². The lowest BCUT2D eigenvalue weighted by Gasteiger charge is -2.17. The molecule has 4 nitrogen and oxygen atoms in total. The van der Waals surface area contributed by atoms with E-state index in [0.29, 0.717) is 13.1 Å². The van der Waals surface area contributed by atoms with E-state index < -0.39 is 0 Å². The lowest BCUT2D eigenvalue weighted by atomic mass is 10.4. The molecule has 0 fully saturated rings. The molecule has 0 saturated heterocycles. The Bertz CT molecular complexity index is 73.1. The summed E-state index contributed by atoms with van der Waals surface area (Å²) in [4.78, 5) is 2.23. The standard InChI is InChI=1S/C6H18N4.CH2Cl2.ClH/c7-1-4-10(5-2-8)6-3-9;2-1-3;/h1-9H2;1H2;1H. The minimum atomic E-state index is 0. The molecule has 0 heterocycles. The van der Waals surface area contributed by atoms with Gasteiger partial charge in [0.1, 0.15) is 0 Å². The van der Waals surface area contributed by atoms with Crippen molar-refractivity contribution in [1.82, 2.24) is 4.90 Å². The molecule has 14 heavy (non-hydrogen) atoms. The third kappa shape index (κ3) is 18.5. The average Bonchev–Trinajstić information content (AvgIpc) is 2.07. The van der Waals surface area contributed by atoms with Gasteiger partial charge in [-0.3, -0.25) is 4.90 Å². The van der Waals surface area contributed by atoms with Gasteiger partial charge in [0.25, 0.3) is 0 Å². The van der Waals surface area contributed by atoms with Crippen LogP contribution in [0.4, 0.5) is 0 Å². The van der Waals surface area contributed by atoms with E-state index in [1.54, 1.807) is 0 Å². The van der Waals surface area contributed by atoms with Crippen molar-refractivity contribution in [2.75, 3.05) is 44.6 Å². The zero-order valence-electron chi connectivity index (χ0n) is 8.39. The predicted molar refractivity (Wildman–Crippen MR) is 58.9 cm³/mol. The van der Waals surface area contributed by atoms with E-state index in [1.807, 2.05) is 0 Å². The summed E-state index contributed by atoms with van der Waals surface area (Å²) < 4.78 is 0. The molecular formula is C7H21Cl3N4. The van der Waals surface area contributed by atoms with Crippen molar-refractivity contribution in [3.63, 3.8) is 0 Å². The van der Waals surface area contributed by atoms with Crippen LogP contribution in [0.3, 0.4) is 0 Å². The van der Waals surface area contributed by atoms with Crippen LogP contribution in [0.15, 0.2) is 0 Å². The zero-order chi connectivity index (χ0) is 10.5. The van der Waals surface area contributed by atoms with Crippen LogP contribution >= 0.6 is 23.2 Å². The molecule has 0 bridgehead atoms. The largest absolute Gasteiger partial charge is 1.00 e. The summed E-state index contributed by atoms with van der Waals surface area (Å²) >= 11 is 9.53. The Morgan fingerprint density at radius 2 is 1.36 bits per heavy atom. The van der Waals surface area contributed by atoms with Gasteiger partial charge in [0.05, 0.1) is 11.9 Å². The fraction of sp³-hybridized carbons (Fsp3) is 1.00. The number of halogens is 3. The fourth-order valence-electron chi connectivity index (χ4n) is 0.924. The van der Waals surface area contributed by atoms with Crippen molar-refractivity contribution in [3.8, 4) is 0 Å². The molecule has 0 aliphatic carbocycles. The van der Waals surface area contributed by atoms with Gasteiger partial charge >= 0.3 is 0 Å². The van der Waals surface area contributed by atoms with E-state index in [0.717, 1.165) is 26.2 Å². The van der Waals surface area contributed by atoms with Gasteiger partial charge in [-0.2, -0.15) is 0 Å². The fourth-order valence-corrected chi connectivity index (χ4v) is 0.924. The second-order valence-corrected chi connectivity index (χ2v) is 3.18. The van der Waals surface area contributed by atoms with Crippen LogP contribution < -0.4 is 29.6 Å². The molecule has 7 N–H and O–H groups in total. The third-order valence-corrected chi connectivity index (χ3v) is 1.36. The monoisotopic (exact) mass is 266 g/mol. The van der Waals surface area contributed by atoms with Gasteiger partial charge < -0.3 is 29.6 Å². The van der Waals surface area contributed by atoms with Crippen molar-refractivity contribution in [2.45, 2.75) is 0 Å². The predicted octanol–water partition coefficient (Wildman–Crippen LogP) is -4.13. The summed E-state index contributed by atoms with van der Waals surface area (Å²) in [5.74, 6) is 0. The molecule has 7 heteroatoms. The topological polar surface area (TPSA) is 82.9 Å². The first-order valence-corrected chi connectivity index (χ1v) is 5.37. The summed E-state index contributed by atoms with van der Waals surface area (Å²) in [6, 6.07) is 0. The maximum Gasteiger partial charge on any atom is 0.0967 e. The minimum Gasteiger partial charge on any atom is -1.00 e. The Morgan fingerprint density at radius 1 is 1.00 bits per heavy atom. The Labute approximate surface area is 102 Å². The number of rotatable bonds is 6. The molecule has 0 radical (unpaired) electrons. The highest BCUT2D eigenvalue weighted by molar-refractivity contribution is 6.40. The quantitative estimate of drug-likeness (QED) is 0.428. The molecule has 0 aliphatic rings. The van der Waals surface area contributed by atoms with Crippen LogP contribution in [-0.4, -0.2) is 49.5 Å². The number of hydrogen-bond donors (Lipinski definition) is 3. The normalized spacial score (nSPS) is 9.00. The molecule has 90 valence electrons. The summed E-state index contributed by atoms with van der Waals surface area (Å²) in [6.45, 7) is 5.23. The van der Waals surface area contributed by atoms with Crippen LogP contribution in [0.1, 0.15) is 0 Å². The maximum absolute atomic E-state index is 5.39. The van der Waals surface area contributed by atoms with Crippen LogP contribution in [0.2, 0.25) is 0 Å². The Morgan fingerprint density at radius 3 is 1.57 bits per heavy atom. The second-order valence-electron chi connectivity index (χ2n) is 2.37. The number of nitrogens with zero attached hydrogens (tertiary/aromatic N) is 1. The molecule has 0 amide bonds. The third-order valence-electron chi connectivity index (χ3n) is 1.36. The number of nitrogens with two attached hydrogens (primary N) is 2. The van der Waals surface area contributed by atoms with E-state index in [2.05, 4.69) is 10.6 Å². The highest BCUT2D eigenvalue weighted by Gasteiger charge is 2.00. The Hall–Kier alpha value is 0.710. The molecule has 0 aliphatic heterocycles. The van der Waals surface area contributed by atoms with Crippen LogP contribution in [0, 0.1) is 0 Å². The van der Waals surface area contributed by atoms with Gasteiger partial charge in [0.2, 0.25) is 0 Å². The van der Waals surface area contributed by atoms with E-state index in [4.69, 9.17) is 34.7 Å². The molecular weight excluding hydrogens is 246 g/mol. The van der Waals surface area contributed by atoms with Crippen molar-refractivity contribution in [2.24, 2.45) is 11.5 Å². The second kappa shape index (κ2) is 19.3. The van der Waals surface area contributed by atoms with Gasteiger partial charge in [-0.25, -0.2) is 0 Å². The lowest BCUT2D eigenvalue weighted by Crippen LogP contribution is -3.00. The first kappa shape index (κ1) is 20.2. The van der Waals surface area contributed by atoms with Crippen LogP contribution in [-0.2, 0) is 0 Å². The van der Waals surface area contributed by atoms with E-state index in [1.165, 1.54) is 0 Å². The van der Waals surface area contributed by atoms with Gasteiger partial charge in [-0.15, -0.1) is 23.2 Å². The first-order valence-electron chi connectivity index (χ1n) is 4.30. The summed E-state index contributed by atoms with van der Waals surface area (Å²) in [5.41, 5.74) is 14.5. The van der Waals surface area contributed by atoms with Crippen molar-refractivity contribution >= 4 is 23.2 Å². The molecule has 0 rings (SSSR count). The molecule has 0 spiro atoms. The molecule has 0 atom stereocenters. The van der Waals surface area contributed by atoms with Crippen LogP contribution in [0.25, 0.3) is 0 Å². The molecule has 0 saturated carbocycles. The summed E-state index contributed by atoms with van der Waals surface area (Å²) in [6.07, 6.45) is 0. The number of alkyl halides is 2. The van der Waals surface area contributed by atoms with E-state index in [-0.39, 0.29) is 17.7 Å². The highest BCUT2D eigenvalue weighted by atomic mass is 35.5. The molecule has 0 aromatic rings. The van der Waals surface area contributed by atoms with Crippen LogP contribution in [0.5, 0.6) is 0 Å².